The minimum Gasteiger partial charge on any atom is -0.385 e. The van der Waals surface area contributed by atoms with Gasteiger partial charge in [0.05, 0.1) is 11.6 Å². The van der Waals surface area contributed by atoms with E-state index in [1.54, 1.807) is 6.07 Å². The Morgan fingerprint density at radius 3 is 3.00 bits per heavy atom. The lowest BCUT2D eigenvalue weighted by Crippen LogP contribution is -2.00. The molecule has 1 aromatic carbocycles. The van der Waals surface area contributed by atoms with Gasteiger partial charge in [0.2, 0.25) is 0 Å². The lowest BCUT2D eigenvalue weighted by molar-refractivity contribution is 0.887. The van der Waals surface area contributed by atoms with Crippen LogP contribution in [-0.4, -0.2) is 6.54 Å². The highest BCUT2D eigenvalue weighted by Gasteiger charge is 1.92. The van der Waals surface area contributed by atoms with Crippen molar-refractivity contribution in [3.8, 4) is 6.07 Å². The number of hydrogen-bond acceptors (Lipinski definition) is 2. The number of benzene rings is 1. The number of hydrogen-bond donors (Lipinski definition) is 1. The van der Waals surface area contributed by atoms with Crippen LogP contribution >= 0.6 is 0 Å². The van der Waals surface area contributed by atoms with Gasteiger partial charge in [-0.05, 0) is 24.6 Å². The first-order valence-electron chi connectivity index (χ1n) is 4.40. The maximum atomic E-state index is 8.65. The molecule has 1 rings (SSSR count). The number of nitrogens with zero attached hydrogens (tertiary/aromatic N) is 1. The predicted octanol–water partition coefficient (Wildman–Crippen LogP) is 2.58. The number of nitrogens with one attached hydrogen (secondary N) is 1. The van der Waals surface area contributed by atoms with Crippen LogP contribution in [0.1, 0.15) is 18.4 Å². The van der Waals surface area contributed by atoms with Crippen LogP contribution in [0, 0.1) is 18.3 Å². The Kier molecular flexibility index (Phi) is 3.84. The van der Waals surface area contributed by atoms with Gasteiger partial charge in [0.25, 0.3) is 0 Å². The highest BCUT2D eigenvalue weighted by atomic mass is 14.9. The van der Waals surface area contributed by atoms with Gasteiger partial charge in [0.1, 0.15) is 0 Å². The predicted molar refractivity (Wildman–Crippen MR) is 54.2 cm³/mol. The Labute approximate surface area is 79.2 Å². The van der Waals surface area contributed by atoms with E-state index in [0.29, 0.717) is 5.56 Å². The van der Waals surface area contributed by atoms with Gasteiger partial charge in [-0.1, -0.05) is 19.4 Å². The van der Waals surface area contributed by atoms with Crippen LogP contribution in [-0.2, 0) is 0 Å². The average molecular weight is 173 g/mol. The van der Waals surface area contributed by atoms with Crippen molar-refractivity contribution < 1.29 is 0 Å². The van der Waals surface area contributed by atoms with E-state index in [9.17, 15) is 0 Å². The number of unbranched alkanes of at least 4 members (excludes halogenated alkanes) is 1. The molecule has 0 aliphatic heterocycles. The van der Waals surface area contributed by atoms with Gasteiger partial charge in [-0.3, -0.25) is 0 Å². The van der Waals surface area contributed by atoms with Crippen LogP contribution in [0.5, 0.6) is 0 Å². The van der Waals surface area contributed by atoms with Crippen molar-refractivity contribution in [3.63, 3.8) is 0 Å². The van der Waals surface area contributed by atoms with Crippen LogP contribution in [0.4, 0.5) is 5.69 Å². The van der Waals surface area contributed by atoms with Gasteiger partial charge in [0.15, 0.2) is 0 Å². The molecule has 67 valence electrons. The second-order valence-electron chi connectivity index (χ2n) is 2.83. The topological polar surface area (TPSA) is 35.8 Å². The van der Waals surface area contributed by atoms with E-state index in [-0.39, 0.29) is 0 Å². The lowest BCUT2D eigenvalue weighted by Gasteiger charge is -2.04. The summed E-state index contributed by atoms with van der Waals surface area (Å²) in [5.41, 5.74) is 1.70. The highest BCUT2D eigenvalue weighted by Crippen LogP contribution is 2.09. The van der Waals surface area contributed by atoms with Gasteiger partial charge in [-0.25, -0.2) is 0 Å². The first-order chi connectivity index (χ1) is 6.36. The van der Waals surface area contributed by atoms with Crippen molar-refractivity contribution in [1.82, 2.24) is 0 Å². The summed E-state index contributed by atoms with van der Waals surface area (Å²) >= 11 is 0. The Bertz CT molecular complexity index is 299. The molecule has 0 heterocycles. The summed E-state index contributed by atoms with van der Waals surface area (Å²) in [6.45, 7) is 4.67. The molecular formula is C11H13N2. The highest BCUT2D eigenvalue weighted by molar-refractivity contribution is 5.48. The molecule has 0 saturated carbocycles. The largest absolute Gasteiger partial charge is 0.385 e. The molecule has 0 aromatic heterocycles. The molecule has 1 radical (unpaired) electrons. The molecule has 0 aliphatic carbocycles. The quantitative estimate of drug-likeness (QED) is 0.710. The molecule has 1 N–H and O–H groups in total. The smallest absolute Gasteiger partial charge is 0.0992 e. The van der Waals surface area contributed by atoms with Crippen LogP contribution in [0.15, 0.2) is 24.3 Å². The van der Waals surface area contributed by atoms with Gasteiger partial charge in [-0.15, -0.1) is 0 Å². The third-order valence-corrected chi connectivity index (χ3v) is 1.75. The first-order valence-corrected chi connectivity index (χ1v) is 4.40. The van der Waals surface area contributed by atoms with E-state index in [1.165, 1.54) is 0 Å². The molecule has 0 saturated heterocycles. The van der Waals surface area contributed by atoms with Crippen molar-refractivity contribution in [2.45, 2.75) is 12.8 Å². The zero-order valence-electron chi connectivity index (χ0n) is 7.59. The van der Waals surface area contributed by atoms with Crippen molar-refractivity contribution in [2.24, 2.45) is 0 Å². The number of anilines is 1. The fourth-order valence-corrected chi connectivity index (χ4v) is 1.06. The maximum absolute atomic E-state index is 8.65. The minimum atomic E-state index is 0.694. The zero-order valence-corrected chi connectivity index (χ0v) is 7.59. The number of rotatable bonds is 4. The van der Waals surface area contributed by atoms with Gasteiger partial charge in [-0.2, -0.15) is 5.26 Å². The van der Waals surface area contributed by atoms with Crippen molar-refractivity contribution in [1.29, 1.82) is 5.26 Å². The lowest BCUT2D eigenvalue weighted by atomic mass is 10.2. The van der Waals surface area contributed by atoms with E-state index in [4.69, 9.17) is 5.26 Å². The summed E-state index contributed by atoms with van der Waals surface area (Å²) < 4.78 is 0. The molecule has 2 heteroatoms. The summed E-state index contributed by atoms with van der Waals surface area (Å²) in [7, 11) is 0. The zero-order chi connectivity index (χ0) is 9.52. The van der Waals surface area contributed by atoms with Gasteiger partial charge >= 0.3 is 0 Å². The summed E-state index contributed by atoms with van der Waals surface area (Å²) in [4.78, 5) is 0. The Morgan fingerprint density at radius 1 is 1.46 bits per heavy atom. The summed E-state index contributed by atoms with van der Waals surface area (Å²) in [6.07, 6.45) is 1.99. The third kappa shape index (κ3) is 3.16. The normalized spacial score (nSPS) is 9.23. The SMILES string of the molecule is [CH2]CCCNc1cccc(C#N)c1. The van der Waals surface area contributed by atoms with Gasteiger partial charge < -0.3 is 5.32 Å². The number of nitriles is 1. The second kappa shape index (κ2) is 5.21. The van der Waals surface area contributed by atoms with Crippen molar-refractivity contribution >= 4 is 5.69 Å². The summed E-state index contributed by atoms with van der Waals surface area (Å²) in [5, 5.41) is 11.9. The molecule has 2 nitrogen and oxygen atoms in total. The summed E-state index contributed by atoms with van der Waals surface area (Å²) in [5.74, 6) is 0. The molecule has 13 heavy (non-hydrogen) atoms. The minimum absolute atomic E-state index is 0.694. The summed E-state index contributed by atoms with van der Waals surface area (Å²) in [6, 6.07) is 9.60. The molecule has 0 aliphatic rings. The van der Waals surface area contributed by atoms with Crippen LogP contribution in [0.25, 0.3) is 0 Å². The van der Waals surface area contributed by atoms with Gasteiger partial charge in [0, 0.05) is 12.2 Å². The molecule has 0 spiro atoms. The third-order valence-electron chi connectivity index (χ3n) is 1.75. The van der Waals surface area contributed by atoms with Crippen LogP contribution in [0.3, 0.4) is 0 Å². The van der Waals surface area contributed by atoms with Crippen molar-refractivity contribution in [2.75, 3.05) is 11.9 Å². The fraction of sp³-hybridized carbons (Fsp3) is 0.273. The fourth-order valence-electron chi connectivity index (χ4n) is 1.06. The molecule has 1 aromatic rings. The molecular weight excluding hydrogens is 160 g/mol. The average Bonchev–Trinajstić information content (AvgIpc) is 2.19. The van der Waals surface area contributed by atoms with E-state index in [0.717, 1.165) is 25.1 Å². The maximum Gasteiger partial charge on any atom is 0.0992 e. The Hall–Kier alpha value is -1.49. The Morgan fingerprint density at radius 2 is 2.31 bits per heavy atom. The molecule has 0 fully saturated rings. The standard InChI is InChI=1S/C11H13N2/c1-2-3-7-13-11-6-4-5-10(8-11)9-12/h4-6,8,13H,1-3,7H2. The first kappa shape index (κ1) is 9.60. The van der Waals surface area contributed by atoms with Crippen molar-refractivity contribution in [3.05, 3.63) is 36.8 Å². The second-order valence-corrected chi connectivity index (χ2v) is 2.83. The molecule has 0 bridgehead atoms. The van der Waals surface area contributed by atoms with Crippen LogP contribution < -0.4 is 5.32 Å². The van der Waals surface area contributed by atoms with E-state index in [2.05, 4.69) is 18.3 Å². The van der Waals surface area contributed by atoms with E-state index in [1.807, 2.05) is 18.2 Å². The van der Waals surface area contributed by atoms with Crippen LogP contribution in [0.2, 0.25) is 0 Å². The van der Waals surface area contributed by atoms with E-state index >= 15 is 0 Å². The molecule has 0 atom stereocenters. The molecule has 0 amide bonds. The molecule has 0 unspecified atom stereocenters. The van der Waals surface area contributed by atoms with E-state index < -0.39 is 0 Å². The Balaban J connectivity index is 2.52. The monoisotopic (exact) mass is 173 g/mol.